The van der Waals surface area contributed by atoms with Gasteiger partial charge in [-0.15, -0.1) is 0 Å². The van der Waals surface area contributed by atoms with E-state index in [0.29, 0.717) is 0 Å². The summed E-state index contributed by atoms with van der Waals surface area (Å²) in [5, 5.41) is 0. The molecule has 0 aliphatic carbocycles. The van der Waals surface area contributed by atoms with Gasteiger partial charge in [0.25, 0.3) is 0 Å². The molecule has 90 valence electrons. The first-order valence-corrected chi connectivity index (χ1v) is 5.86. The van der Waals surface area contributed by atoms with Crippen molar-refractivity contribution < 1.29 is 0 Å². The number of hydrogen-bond donors (Lipinski definition) is 0. The van der Waals surface area contributed by atoms with E-state index < -0.39 is 0 Å². The monoisotopic (exact) mass is 227 g/mol. The van der Waals surface area contributed by atoms with Gasteiger partial charge >= 0.3 is 0 Å². The van der Waals surface area contributed by atoms with Crippen molar-refractivity contribution in [3.05, 3.63) is 66.3 Å². The molecule has 0 fully saturated rings. The van der Waals surface area contributed by atoms with Crippen LogP contribution in [0.4, 0.5) is 0 Å². The van der Waals surface area contributed by atoms with E-state index in [9.17, 15) is 0 Å². The molecular formula is C16H21N. The zero-order chi connectivity index (χ0) is 12.7. The van der Waals surface area contributed by atoms with Crippen molar-refractivity contribution in [2.24, 2.45) is 0 Å². The van der Waals surface area contributed by atoms with Gasteiger partial charge in [0, 0.05) is 6.54 Å². The van der Waals surface area contributed by atoms with E-state index in [4.69, 9.17) is 0 Å². The Morgan fingerprint density at radius 3 is 2.35 bits per heavy atom. The molecule has 0 unspecified atom stereocenters. The van der Waals surface area contributed by atoms with E-state index in [0.717, 1.165) is 12.1 Å². The van der Waals surface area contributed by atoms with E-state index in [1.165, 1.54) is 11.1 Å². The highest BCUT2D eigenvalue weighted by molar-refractivity contribution is 5.72. The first kappa shape index (κ1) is 13.5. The van der Waals surface area contributed by atoms with Crippen LogP contribution in [-0.2, 0) is 0 Å². The van der Waals surface area contributed by atoms with Crippen molar-refractivity contribution in [2.45, 2.75) is 6.92 Å². The number of likely N-dealkylation sites (N-methyl/N-ethyl adjacent to an activating group) is 1. The molecule has 0 aliphatic rings. The number of nitrogens with zero attached hydrogens (tertiary/aromatic N) is 1. The summed E-state index contributed by atoms with van der Waals surface area (Å²) in [6.45, 7) is 7.10. The maximum absolute atomic E-state index is 4.08. The zero-order valence-electron chi connectivity index (χ0n) is 11.0. The minimum Gasteiger partial charge on any atom is -0.305 e. The molecular weight excluding hydrogens is 206 g/mol. The third-order valence-corrected chi connectivity index (χ3v) is 2.51. The zero-order valence-corrected chi connectivity index (χ0v) is 11.0. The normalized spacial score (nSPS) is 12.4. The first-order valence-electron chi connectivity index (χ1n) is 5.86. The van der Waals surface area contributed by atoms with Gasteiger partial charge in [0.15, 0.2) is 0 Å². The van der Waals surface area contributed by atoms with Crippen LogP contribution in [0.15, 0.2) is 60.7 Å². The lowest BCUT2D eigenvalue weighted by Crippen LogP contribution is -2.14. The lowest BCUT2D eigenvalue weighted by molar-refractivity contribution is 0.449. The van der Waals surface area contributed by atoms with Crippen LogP contribution in [0.5, 0.6) is 0 Å². The second-order valence-corrected chi connectivity index (χ2v) is 4.33. The summed E-state index contributed by atoms with van der Waals surface area (Å²) in [7, 11) is 4.15. The van der Waals surface area contributed by atoms with Crippen LogP contribution in [-0.4, -0.2) is 25.5 Å². The highest BCUT2D eigenvalue weighted by atomic mass is 15.0. The fourth-order valence-electron chi connectivity index (χ4n) is 1.56. The molecule has 0 spiro atoms. The van der Waals surface area contributed by atoms with Crippen LogP contribution in [0.1, 0.15) is 12.5 Å². The maximum atomic E-state index is 4.08. The van der Waals surface area contributed by atoms with Crippen LogP contribution in [0.25, 0.3) is 5.57 Å². The predicted octanol–water partition coefficient (Wildman–Crippen LogP) is 3.76. The standard InChI is InChI=1S/C16H21N/c1-5-15(13-17(3)4)12-11-14(2)16-9-7-6-8-10-16/h5-12H,2,13H2,1,3-4H3/b12-11-,15-5+. The molecule has 1 rings (SSSR count). The average molecular weight is 227 g/mol. The van der Waals surface area contributed by atoms with Gasteiger partial charge in [0.1, 0.15) is 0 Å². The predicted molar refractivity (Wildman–Crippen MR) is 76.9 cm³/mol. The minimum absolute atomic E-state index is 0.953. The lowest BCUT2D eigenvalue weighted by atomic mass is 10.1. The van der Waals surface area contributed by atoms with Crippen LogP contribution in [0, 0.1) is 0 Å². The molecule has 1 heteroatoms. The molecule has 0 aliphatic heterocycles. The summed E-state index contributed by atoms with van der Waals surface area (Å²) in [6, 6.07) is 10.2. The molecule has 0 amide bonds. The second-order valence-electron chi connectivity index (χ2n) is 4.33. The average Bonchev–Trinajstić information content (AvgIpc) is 2.34. The first-order chi connectivity index (χ1) is 8.13. The topological polar surface area (TPSA) is 3.24 Å². The summed E-state index contributed by atoms with van der Waals surface area (Å²) in [6.07, 6.45) is 6.35. The van der Waals surface area contributed by atoms with Gasteiger partial charge in [-0.2, -0.15) is 0 Å². The van der Waals surface area contributed by atoms with Crippen molar-refractivity contribution in [3.8, 4) is 0 Å². The van der Waals surface area contributed by atoms with Gasteiger partial charge in [-0.3, -0.25) is 0 Å². The van der Waals surface area contributed by atoms with Crippen molar-refractivity contribution in [2.75, 3.05) is 20.6 Å². The van der Waals surface area contributed by atoms with E-state index in [1.54, 1.807) is 0 Å². The summed E-state index contributed by atoms with van der Waals surface area (Å²) >= 11 is 0. The Morgan fingerprint density at radius 2 is 1.82 bits per heavy atom. The number of rotatable bonds is 5. The van der Waals surface area contributed by atoms with Gasteiger partial charge in [-0.1, -0.05) is 55.1 Å². The van der Waals surface area contributed by atoms with E-state index in [1.807, 2.05) is 18.2 Å². The van der Waals surface area contributed by atoms with Gasteiger partial charge < -0.3 is 4.90 Å². The van der Waals surface area contributed by atoms with Crippen LogP contribution in [0.2, 0.25) is 0 Å². The fourth-order valence-corrected chi connectivity index (χ4v) is 1.56. The van der Waals surface area contributed by atoms with E-state index >= 15 is 0 Å². The molecule has 17 heavy (non-hydrogen) atoms. The summed E-state index contributed by atoms with van der Waals surface area (Å²) < 4.78 is 0. The SMILES string of the molecule is C=C(/C=C\C(=C/C)CN(C)C)c1ccccc1. The third-order valence-electron chi connectivity index (χ3n) is 2.51. The molecule has 0 saturated heterocycles. The Bertz CT molecular complexity index is 410. The Kier molecular flexibility index (Phi) is 5.44. The molecule has 0 aromatic heterocycles. The molecule has 0 bridgehead atoms. The highest BCUT2D eigenvalue weighted by Crippen LogP contribution is 2.14. The molecule has 0 radical (unpaired) electrons. The highest BCUT2D eigenvalue weighted by Gasteiger charge is 1.96. The Labute approximate surface area is 105 Å². The third kappa shape index (κ3) is 4.83. The largest absolute Gasteiger partial charge is 0.305 e. The van der Waals surface area contributed by atoms with E-state index in [-0.39, 0.29) is 0 Å². The summed E-state index contributed by atoms with van der Waals surface area (Å²) in [5.74, 6) is 0. The molecule has 0 heterocycles. The number of benzene rings is 1. The summed E-state index contributed by atoms with van der Waals surface area (Å²) in [5.41, 5.74) is 3.51. The minimum atomic E-state index is 0.953. The number of hydrogen-bond acceptors (Lipinski definition) is 1. The maximum Gasteiger partial charge on any atom is 0.0224 e. The number of allylic oxidation sites excluding steroid dienone is 3. The van der Waals surface area contributed by atoms with Gasteiger partial charge in [0.2, 0.25) is 0 Å². The van der Waals surface area contributed by atoms with Crippen molar-refractivity contribution in [3.63, 3.8) is 0 Å². The van der Waals surface area contributed by atoms with Gasteiger partial charge in [-0.25, -0.2) is 0 Å². The Hall–Kier alpha value is -1.60. The molecule has 0 saturated carbocycles. The van der Waals surface area contributed by atoms with E-state index in [2.05, 4.69) is 62.9 Å². The Morgan fingerprint density at radius 1 is 1.18 bits per heavy atom. The molecule has 1 aromatic rings. The Balaban J connectivity index is 2.68. The second kappa shape index (κ2) is 6.87. The fraction of sp³-hybridized carbons (Fsp3) is 0.250. The van der Waals surface area contributed by atoms with Gasteiger partial charge in [0.05, 0.1) is 0 Å². The van der Waals surface area contributed by atoms with Crippen LogP contribution < -0.4 is 0 Å². The molecule has 1 nitrogen and oxygen atoms in total. The smallest absolute Gasteiger partial charge is 0.0224 e. The van der Waals surface area contributed by atoms with Crippen LogP contribution in [0.3, 0.4) is 0 Å². The van der Waals surface area contributed by atoms with Gasteiger partial charge in [-0.05, 0) is 37.7 Å². The molecule has 0 atom stereocenters. The van der Waals surface area contributed by atoms with Crippen molar-refractivity contribution in [1.82, 2.24) is 4.90 Å². The summed E-state index contributed by atoms with van der Waals surface area (Å²) in [4.78, 5) is 2.16. The lowest BCUT2D eigenvalue weighted by Gasteiger charge is -2.10. The van der Waals surface area contributed by atoms with Crippen molar-refractivity contribution in [1.29, 1.82) is 0 Å². The molecule has 0 N–H and O–H groups in total. The van der Waals surface area contributed by atoms with Crippen LogP contribution >= 0.6 is 0 Å². The quantitative estimate of drug-likeness (QED) is 0.692. The molecule has 1 aromatic carbocycles. The van der Waals surface area contributed by atoms with Crippen molar-refractivity contribution >= 4 is 5.57 Å².